The second-order valence-corrected chi connectivity index (χ2v) is 8.57. The number of rotatable bonds is 12. The third-order valence-electron chi connectivity index (χ3n) is 5.63. The summed E-state index contributed by atoms with van der Waals surface area (Å²) in [4.78, 5) is 28.7. The summed E-state index contributed by atoms with van der Waals surface area (Å²) in [6, 6.07) is 13.7. The molecule has 7 heteroatoms. The molecular formula is C27H33FN2O4. The number of fused-ring (bicyclic) bond motifs is 1. The fourth-order valence-corrected chi connectivity index (χ4v) is 3.93. The molecule has 0 aliphatic carbocycles. The Balaban J connectivity index is 1.68. The first kappa shape index (κ1) is 25.6. The van der Waals surface area contributed by atoms with E-state index in [0.29, 0.717) is 55.2 Å². The van der Waals surface area contributed by atoms with E-state index in [0.717, 1.165) is 11.8 Å². The van der Waals surface area contributed by atoms with E-state index in [1.807, 2.05) is 39.0 Å². The summed E-state index contributed by atoms with van der Waals surface area (Å²) in [5.41, 5.74) is 1.34. The fourth-order valence-electron chi connectivity index (χ4n) is 3.93. The molecule has 0 spiro atoms. The van der Waals surface area contributed by atoms with Crippen LogP contribution in [0.25, 0.3) is 22.0 Å². The predicted molar refractivity (Wildman–Crippen MR) is 132 cm³/mol. The average molecular weight is 469 g/mol. The van der Waals surface area contributed by atoms with Crippen LogP contribution >= 0.6 is 0 Å². The van der Waals surface area contributed by atoms with Crippen LogP contribution in [0.3, 0.4) is 0 Å². The van der Waals surface area contributed by atoms with E-state index in [1.165, 1.54) is 6.07 Å². The Labute approximate surface area is 199 Å². The Bertz CT molecular complexity index is 1160. The lowest BCUT2D eigenvalue weighted by Crippen LogP contribution is -2.36. The van der Waals surface area contributed by atoms with Gasteiger partial charge in [0.25, 0.3) is 5.56 Å². The Hall–Kier alpha value is -3.03. The molecular weight excluding hydrogens is 435 g/mol. The molecule has 0 saturated carbocycles. The quantitative estimate of drug-likeness (QED) is 0.380. The maximum atomic E-state index is 14.2. The number of benzene rings is 2. The van der Waals surface area contributed by atoms with E-state index in [1.54, 1.807) is 24.3 Å². The third-order valence-corrected chi connectivity index (χ3v) is 5.63. The summed E-state index contributed by atoms with van der Waals surface area (Å²) < 4.78 is 25.0. The molecule has 1 unspecified atom stereocenters. The standard InChI is InChI=1S/C27H33FN2O4/c1-4-13-33-15-16-34-14-12-29-27(32)25(18(2)3)21-10-11-24(30-26(21)31)20-9-8-19-6-5-7-23(28)22(19)17-20/h5-11,17-18,25H,4,12-16H2,1-3H3,(H,29,32)(H,30,31). The number of hydrogen-bond acceptors (Lipinski definition) is 4. The van der Waals surface area contributed by atoms with Gasteiger partial charge < -0.3 is 19.8 Å². The summed E-state index contributed by atoms with van der Waals surface area (Å²) in [5, 5.41) is 4.14. The Morgan fingerprint density at radius 1 is 1.03 bits per heavy atom. The minimum absolute atomic E-state index is 0.0786. The van der Waals surface area contributed by atoms with Crippen molar-refractivity contribution in [1.82, 2.24) is 10.3 Å². The number of aromatic amines is 1. The van der Waals surface area contributed by atoms with Crippen molar-refractivity contribution < 1.29 is 18.7 Å². The van der Waals surface area contributed by atoms with Crippen LogP contribution in [0.15, 0.2) is 53.3 Å². The minimum atomic E-state index is -0.597. The van der Waals surface area contributed by atoms with Crippen molar-refractivity contribution in [2.45, 2.75) is 33.1 Å². The molecule has 1 heterocycles. The van der Waals surface area contributed by atoms with Gasteiger partial charge in [-0.1, -0.05) is 51.1 Å². The number of hydrogen-bond donors (Lipinski definition) is 2. The molecule has 0 fully saturated rings. The highest BCUT2D eigenvalue weighted by Gasteiger charge is 2.26. The van der Waals surface area contributed by atoms with Crippen LogP contribution in [-0.4, -0.2) is 43.9 Å². The third kappa shape index (κ3) is 6.52. The summed E-state index contributed by atoms with van der Waals surface area (Å²) in [7, 11) is 0. The van der Waals surface area contributed by atoms with Gasteiger partial charge in [-0.05, 0) is 41.5 Å². The first-order valence-corrected chi connectivity index (χ1v) is 11.8. The van der Waals surface area contributed by atoms with Crippen molar-refractivity contribution in [3.05, 3.63) is 70.3 Å². The van der Waals surface area contributed by atoms with E-state index in [4.69, 9.17) is 9.47 Å². The van der Waals surface area contributed by atoms with Crippen molar-refractivity contribution in [1.29, 1.82) is 0 Å². The van der Waals surface area contributed by atoms with Crippen molar-refractivity contribution in [2.75, 3.05) is 33.0 Å². The lowest BCUT2D eigenvalue weighted by Gasteiger charge is -2.20. The first-order chi connectivity index (χ1) is 16.4. The van der Waals surface area contributed by atoms with Crippen molar-refractivity contribution in [3.8, 4) is 11.3 Å². The molecule has 182 valence electrons. The summed E-state index contributed by atoms with van der Waals surface area (Å²) in [6.45, 7) is 8.31. The molecule has 3 rings (SSSR count). The molecule has 0 radical (unpaired) electrons. The van der Waals surface area contributed by atoms with Crippen LogP contribution in [0.5, 0.6) is 0 Å². The normalized spacial score (nSPS) is 12.3. The number of carbonyl (C=O) groups is 1. The highest BCUT2D eigenvalue weighted by atomic mass is 19.1. The van der Waals surface area contributed by atoms with Crippen molar-refractivity contribution in [3.63, 3.8) is 0 Å². The van der Waals surface area contributed by atoms with Crippen LogP contribution in [0.2, 0.25) is 0 Å². The second-order valence-electron chi connectivity index (χ2n) is 8.57. The Morgan fingerprint density at radius 2 is 1.79 bits per heavy atom. The summed E-state index contributed by atoms with van der Waals surface area (Å²) in [6.07, 6.45) is 0.966. The largest absolute Gasteiger partial charge is 0.379 e. The average Bonchev–Trinajstić information content (AvgIpc) is 2.82. The zero-order valence-electron chi connectivity index (χ0n) is 20.0. The molecule has 0 bridgehead atoms. The Morgan fingerprint density at radius 3 is 2.50 bits per heavy atom. The van der Waals surface area contributed by atoms with Gasteiger partial charge in [0.05, 0.1) is 25.7 Å². The van der Waals surface area contributed by atoms with E-state index >= 15 is 0 Å². The van der Waals surface area contributed by atoms with Gasteiger partial charge in [0.2, 0.25) is 5.91 Å². The molecule has 1 aromatic heterocycles. The van der Waals surface area contributed by atoms with E-state index in [2.05, 4.69) is 10.3 Å². The zero-order chi connectivity index (χ0) is 24.5. The van der Waals surface area contributed by atoms with Crippen LogP contribution in [0.4, 0.5) is 4.39 Å². The summed E-state index contributed by atoms with van der Waals surface area (Å²) >= 11 is 0. The zero-order valence-corrected chi connectivity index (χ0v) is 20.0. The molecule has 0 saturated heterocycles. The SMILES string of the molecule is CCCOCCOCCNC(=O)C(c1ccc(-c2ccc3cccc(F)c3c2)[nH]c1=O)C(C)C. The number of halogens is 1. The lowest BCUT2D eigenvalue weighted by molar-refractivity contribution is -0.123. The Kier molecular flexibility index (Phi) is 9.36. The molecule has 2 aromatic carbocycles. The van der Waals surface area contributed by atoms with Gasteiger partial charge in [0.15, 0.2) is 0 Å². The van der Waals surface area contributed by atoms with E-state index < -0.39 is 5.92 Å². The number of carbonyl (C=O) groups excluding carboxylic acids is 1. The van der Waals surface area contributed by atoms with Gasteiger partial charge >= 0.3 is 0 Å². The first-order valence-electron chi connectivity index (χ1n) is 11.8. The number of aromatic nitrogens is 1. The van der Waals surface area contributed by atoms with Gasteiger partial charge in [-0.3, -0.25) is 9.59 Å². The smallest absolute Gasteiger partial charge is 0.252 e. The fraction of sp³-hybridized carbons (Fsp3) is 0.407. The molecule has 2 N–H and O–H groups in total. The lowest BCUT2D eigenvalue weighted by atomic mass is 9.88. The highest BCUT2D eigenvalue weighted by molar-refractivity contribution is 5.87. The van der Waals surface area contributed by atoms with Crippen LogP contribution in [0.1, 0.15) is 38.7 Å². The topological polar surface area (TPSA) is 80.4 Å². The molecule has 0 aliphatic rings. The van der Waals surface area contributed by atoms with E-state index in [-0.39, 0.29) is 23.2 Å². The van der Waals surface area contributed by atoms with Crippen molar-refractivity contribution >= 4 is 16.7 Å². The maximum absolute atomic E-state index is 14.2. The molecule has 0 aliphatic heterocycles. The molecule has 34 heavy (non-hydrogen) atoms. The predicted octanol–water partition coefficient (Wildman–Crippen LogP) is 4.63. The summed E-state index contributed by atoms with van der Waals surface area (Å²) in [5.74, 6) is -1.20. The molecule has 6 nitrogen and oxygen atoms in total. The minimum Gasteiger partial charge on any atom is -0.379 e. The number of nitrogens with one attached hydrogen (secondary N) is 2. The number of H-pyrrole nitrogens is 1. The van der Waals surface area contributed by atoms with Gasteiger partial charge in [-0.2, -0.15) is 0 Å². The van der Waals surface area contributed by atoms with Gasteiger partial charge in [-0.15, -0.1) is 0 Å². The molecule has 1 amide bonds. The number of amides is 1. The van der Waals surface area contributed by atoms with Gasteiger partial charge in [0.1, 0.15) is 5.82 Å². The highest BCUT2D eigenvalue weighted by Crippen LogP contribution is 2.26. The second kappa shape index (κ2) is 12.4. The monoisotopic (exact) mass is 468 g/mol. The molecule has 1 atom stereocenters. The van der Waals surface area contributed by atoms with Gasteiger partial charge in [-0.25, -0.2) is 4.39 Å². The van der Waals surface area contributed by atoms with Crippen LogP contribution in [0, 0.1) is 11.7 Å². The van der Waals surface area contributed by atoms with Crippen LogP contribution in [-0.2, 0) is 14.3 Å². The maximum Gasteiger partial charge on any atom is 0.252 e. The van der Waals surface area contributed by atoms with Crippen LogP contribution < -0.4 is 10.9 Å². The number of pyridine rings is 1. The molecule has 3 aromatic rings. The van der Waals surface area contributed by atoms with Gasteiger partial charge in [0, 0.05) is 29.8 Å². The number of ether oxygens (including phenoxy) is 2. The van der Waals surface area contributed by atoms with Crippen molar-refractivity contribution in [2.24, 2.45) is 5.92 Å². The van der Waals surface area contributed by atoms with E-state index in [9.17, 15) is 14.0 Å².